The number of hydrogen-bond donors (Lipinski definition) is 0. The summed E-state index contributed by atoms with van der Waals surface area (Å²) in [7, 11) is 0. The molecule has 0 bridgehead atoms. The van der Waals surface area contributed by atoms with Gasteiger partial charge >= 0.3 is 0 Å². The molecule has 0 saturated heterocycles. The van der Waals surface area contributed by atoms with E-state index in [1.54, 1.807) is 0 Å². The zero-order valence-electron chi connectivity index (χ0n) is 16.3. The van der Waals surface area contributed by atoms with Gasteiger partial charge in [0.1, 0.15) is 0 Å². The molecule has 5 aromatic carbocycles. The molecule has 30 heavy (non-hydrogen) atoms. The maximum atomic E-state index is 3.54. The summed E-state index contributed by atoms with van der Waals surface area (Å²) >= 11 is 3.54. The Kier molecular flexibility index (Phi) is 4.11. The summed E-state index contributed by atoms with van der Waals surface area (Å²) < 4.78 is 1.11. The van der Waals surface area contributed by atoms with Crippen LogP contribution < -0.4 is 0 Å². The highest BCUT2D eigenvalue weighted by atomic mass is 79.9. The third kappa shape index (κ3) is 2.81. The van der Waals surface area contributed by atoms with Crippen molar-refractivity contribution in [3.8, 4) is 22.3 Å². The van der Waals surface area contributed by atoms with Crippen LogP contribution in [0.2, 0.25) is 0 Å². The number of hydrogen-bond acceptors (Lipinski definition) is 0. The summed E-state index contributed by atoms with van der Waals surface area (Å²) in [4.78, 5) is 0. The van der Waals surface area contributed by atoms with Crippen LogP contribution in [0.25, 0.3) is 33.0 Å². The van der Waals surface area contributed by atoms with Gasteiger partial charge in [0.2, 0.25) is 0 Å². The van der Waals surface area contributed by atoms with Crippen LogP contribution in [-0.2, 0) is 0 Å². The highest BCUT2D eigenvalue weighted by Gasteiger charge is 2.30. The van der Waals surface area contributed by atoms with Crippen molar-refractivity contribution < 1.29 is 0 Å². The van der Waals surface area contributed by atoms with Crippen molar-refractivity contribution in [2.24, 2.45) is 0 Å². The van der Waals surface area contributed by atoms with Gasteiger partial charge in [-0.2, -0.15) is 0 Å². The van der Waals surface area contributed by atoms with Crippen molar-refractivity contribution in [2.75, 3.05) is 0 Å². The molecule has 0 saturated carbocycles. The Morgan fingerprint density at radius 1 is 0.500 bits per heavy atom. The van der Waals surface area contributed by atoms with Gasteiger partial charge in [-0.3, -0.25) is 0 Å². The molecule has 0 nitrogen and oxygen atoms in total. The van der Waals surface area contributed by atoms with Crippen LogP contribution in [0.3, 0.4) is 0 Å². The molecular weight excluding hydrogens is 428 g/mol. The van der Waals surface area contributed by atoms with E-state index in [0.717, 1.165) is 4.47 Å². The molecule has 0 aromatic heterocycles. The topological polar surface area (TPSA) is 0 Å². The van der Waals surface area contributed by atoms with E-state index < -0.39 is 0 Å². The summed E-state index contributed by atoms with van der Waals surface area (Å²) in [6, 6.07) is 39.9. The van der Waals surface area contributed by atoms with Crippen LogP contribution >= 0.6 is 15.9 Å². The summed E-state index contributed by atoms with van der Waals surface area (Å²) in [5.74, 6) is 0.278. The first kappa shape index (κ1) is 17.7. The van der Waals surface area contributed by atoms with Gasteiger partial charge in [0.25, 0.3) is 0 Å². The van der Waals surface area contributed by atoms with E-state index in [0.29, 0.717) is 0 Å². The smallest absolute Gasteiger partial charge is 0.0352 e. The minimum absolute atomic E-state index is 0.278. The van der Waals surface area contributed by atoms with Gasteiger partial charge < -0.3 is 0 Å². The fourth-order valence-electron chi connectivity index (χ4n) is 4.77. The lowest BCUT2D eigenvalue weighted by Gasteiger charge is -2.15. The van der Waals surface area contributed by atoms with E-state index in [2.05, 4.69) is 125 Å². The van der Waals surface area contributed by atoms with Gasteiger partial charge in [0, 0.05) is 10.4 Å². The molecule has 0 N–H and O–H groups in total. The van der Waals surface area contributed by atoms with Gasteiger partial charge in [-0.05, 0) is 67.9 Å². The van der Waals surface area contributed by atoms with Crippen molar-refractivity contribution in [2.45, 2.75) is 5.92 Å². The zero-order chi connectivity index (χ0) is 20.1. The standard InChI is InChI=1S/C29H19Br/c30-24-14-11-20(12-15-24)22-13-16-27-28(18-22)25-7-3-4-8-26(25)29(27)23-10-9-19-5-1-2-6-21(19)17-23/h1-18,29H. The predicted octanol–water partition coefficient (Wildman–Crippen LogP) is 8.43. The van der Waals surface area contributed by atoms with Gasteiger partial charge in [0.05, 0.1) is 0 Å². The highest BCUT2D eigenvalue weighted by molar-refractivity contribution is 9.10. The highest BCUT2D eigenvalue weighted by Crippen LogP contribution is 2.49. The number of fused-ring (bicyclic) bond motifs is 4. The van der Waals surface area contributed by atoms with Crippen LogP contribution in [0.5, 0.6) is 0 Å². The summed E-state index contributed by atoms with van der Waals surface area (Å²) in [5, 5.41) is 2.59. The van der Waals surface area contributed by atoms with Crippen molar-refractivity contribution >= 4 is 26.7 Å². The molecular formula is C29H19Br. The molecule has 0 aliphatic heterocycles. The molecule has 5 aromatic rings. The van der Waals surface area contributed by atoms with E-state index >= 15 is 0 Å². The van der Waals surface area contributed by atoms with Crippen LogP contribution in [-0.4, -0.2) is 0 Å². The zero-order valence-corrected chi connectivity index (χ0v) is 17.9. The molecule has 0 heterocycles. The average Bonchev–Trinajstić information content (AvgIpc) is 3.13. The Balaban J connectivity index is 1.54. The fourth-order valence-corrected chi connectivity index (χ4v) is 5.04. The van der Waals surface area contributed by atoms with E-state index in [4.69, 9.17) is 0 Å². The Morgan fingerprint density at radius 3 is 2.07 bits per heavy atom. The largest absolute Gasteiger partial charge is 0.0619 e. The number of benzene rings is 5. The molecule has 0 amide bonds. The molecule has 1 unspecified atom stereocenters. The van der Waals surface area contributed by atoms with Crippen LogP contribution in [0.1, 0.15) is 22.6 Å². The normalized spacial score (nSPS) is 14.5. The maximum Gasteiger partial charge on any atom is 0.0352 e. The first-order chi connectivity index (χ1) is 14.8. The summed E-state index contributed by atoms with van der Waals surface area (Å²) in [6.45, 7) is 0. The SMILES string of the molecule is Brc1ccc(-c2ccc3c(c2)-c2ccccc2C3c2ccc3ccccc3c2)cc1. The second-order valence-electron chi connectivity index (χ2n) is 7.94. The van der Waals surface area contributed by atoms with Gasteiger partial charge in [-0.1, -0.05) is 107 Å². The average molecular weight is 447 g/mol. The summed E-state index contributed by atoms with van der Waals surface area (Å²) in [5.41, 5.74) is 9.36. The predicted molar refractivity (Wildman–Crippen MR) is 130 cm³/mol. The lowest BCUT2D eigenvalue weighted by atomic mass is 9.87. The quantitative estimate of drug-likeness (QED) is 0.250. The molecule has 142 valence electrons. The molecule has 1 heteroatoms. The third-order valence-corrected chi connectivity index (χ3v) is 6.74. The molecule has 0 spiro atoms. The van der Waals surface area contributed by atoms with Gasteiger partial charge in [-0.25, -0.2) is 0 Å². The lowest BCUT2D eigenvalue weighted by molar-refractivity contribution is 1.02. The molecule has 1 aliphatic rings. The molecule has 0 radical (unpaired) electrons. The Morgan fingerprint density at radius 2 is 1.20 bits per heavy atom. The second kappa shape index (κ2) is 6.97. The van der Waals surface area contributed by atoms with E-state index in [1.165, 1.54) is 49.7 Å². The number of halogens is 1. The van der Waals surface area contributed by atoms with Crippen molar-refractivity contribution in [1.82, 2.24) is 0 Å². The lowest BCUT2D eigenvalue weighted by Crippen LogP contribution is -1.99. The molecule has 0 fully saturated rings. The molecule has 6 rings (SSSR count). The van der Waals surface area contributed by atoms with Crippen LogP contribution in [0.4, 0.5) is 0 Å². The maximum absolute atomic E-state index is 3.54. The van der Waals surface area contributed by atoms with Crippen LogP contribution in [0, 0.1) is 0 Å². The minimum Gasteiger partial charge on any atom is -0.0619 e. The van der Waals surface area contributed by atoms with Crippen molar-refractivity contribution in [3.63, 3.8) is 0 Å². The van der Waals surface area contributed by atoms with Crippen molar-refractivity contribution in [1.29, 1.82) is 0 Å². The first-order valence-electron chi connectivity index (χ1n) is 10.3. The molecule has 1 aliphatic carbocycles. The molecule has 1 atom stereocenters. The Hall–Kier alpha value is -3.16. The van der Waals surface area contributed by atoms with E-state index in [-0.39, 0.29) is 5.92 Å². The van der Waals surface area contributed by atoms with Crippen molar-refractivity contribution in [3.05, 3.63) is 130 Å². The monoisotopic (exact) mass is 446 g/mol. The van der Waals surface area contributed by atoms with Gasteiger partial charge in [-0.15, -0.1) is 0 Å². The second-order valence-corrected chi connectivity index (χ2v) is 8.85. The van der Waals surface area contributed by atoms with Crippen LogP contribution in [0.15, 0.2) is 114 Å². The number of rotatable bonds is 2. The Labute approximate surface area is 185 Å². The fraction of sp³-hybridized carbons (Fsp3) is 0.0345. The third-order valence-electron chi connectivity index (χ3n) is 6.21. The van der Waals surface area contributed by atoms with E-state index in [1.807, 2.05) is 0 Å². The summed E-state index contributed by atoms with van der Waals surface area (Å²) in [6.07, 6.45) is 0. The minimum atomic E-state index is 0.278. The Bertz CT molecular complexity index is 1400. The van der Waals surface area contributed by atoms with E-state index in [9.17, 15) is 0 Å². The first-order valence-corrected chi connectivity index (χ1v) is 11.1. The van der Waals surface area contributed by atoms with Gasteiger partial charge in [0.15, 0.2) is 0 Å².